The molecule has 2 aromatic rings. The lowest BCUT2D eigenvalue weighted by atomic mass is 10.1. The number of piperazine rings is 1. The van der Waals surface area contributed by atoms with Crippen molar-refractivity contribution < 1.29 is 18.8 Å². The molecule has 0 bridgehead atoms. The second kappa shape index (κ2) is 8.46. The van der Waals surface area contributed by atoms with Crippen LogP contribution in [0.1, 0.15) is 34.1 Å². The Kier molecular flexibility index (Phi) is 5.82. The fraction of sp³-hybridized carbons (Fsp3) is 0.417. The molecule has 8 nitrogen and oxygen atoms in total. The Morgan fingerprint density at radius 2 is 1.70 bits per heavy atom. The van der Waals surface area contributed by atoms with E-state index in [2.05, 4.69) is 11.0 Å². The number of benzene rings is 1. The van der Waals surface area contributed by atoms with Gasteiger partial charge < -0.3 is 9.80 Å². The fourth-order valence-electron chi connectivity index (χ4n) is 4.41. The van der Waals surface area contributed by atoms with Crippen LogP contribution >= 0.6 is 0 Å². The lowest BCUT2D eigenvalue weighted by Gasteiger charge is -2.36. The second-order valence-corrected chi connectivity index (χ2v) is 8.70. The summed E-state index contributed by atoms with van der Waals surface area (Å²) in [4.78, 5) is 48.1. The molecular weight excluding hydrogens is 425 g/mol. The lowest BCUT2D eigenvalue weighted by Crippen LogP contribution is -2.49. The van der Waals surface area contributed by atoms with Gasteiger partial charge in [0.2, 0.25) is 0 Å². The van der Waals surface area contributed by atoms with Crippen LogP contribution < -0.4 is 9.80 Å². The molecule has 0 aliphatic carbocycles. The lowest BCUT2D eigenvalue weighted by molar-refractivity contribution is -0.125. The molecule has 4 rings (SSSR count). The standard InChI is InChI=1S/C24H28FN5O3/c1-14-12-15(2)21(26-16(14)3)28-8-10-29(11-9-28)23(32)19-7-6-18(13-20(19)25)30-17(4)22(31)27(5)24(30)33/h6-7,12-13,17H,8-11H2,1-5H3. The number of aromatic nitrogens is 1. The summed E-state index contributed by atoms with van der Waals surface area (Å²) in [7, 11) is 1.39. The third-order valence-corrected chi connectivity index (χ3v) is 6.53. The molecule has 2 fully saturated rings. The molecule has 2 saturated heterocycles. The molecule has 1 aromatic heterocycles. The number of carbonyl (C=O) groups is 3. The number of likely N-dealkylation sites (N-methyl/N-ethyl adjacent to an activating group) is 1. The minimum atomic E-state index is -0.723. The first-order chi connectivity index (χ1) is 15.6. The molecule has 0 saturated carbocycles. The first-order valence-electron chi connectivity index (χ1n) is 11.0. The molecule has 1 unspecified atom stereocenters. The molecule has 2 aliphatic rings. The fourth-order valence-corrected chi connectivity index (χ4v) is 4.41. The maximum atomic E-state index is 14.9. The number of amides is 4. The molecule has 2 aliphatic heterocycles. The third kappa shape index (κ3) is 3.92. The van der Waals surface area contributed by atoms with Crippen molar-refractivity contribution in [2.75, 3.05) is 43.0 Å². The molecule has 174 valence electrons. The number of aryl methyl sites for hydroxylation is 3. The van der Waals surface area contributed by atoms with Crippen molar-refractivity contribution >= 4 is 29.4 Å². The molecule has 0 spiro atoms. The van der Waals surface area contributed by atoms with E-state index in [-0.39, 0.29) is 17.2 Å². The van der Waals surface area contributed by atoms with Crippen molar-refractivity contribution in [3.05, 3.63) is 52.5 Å². The summed E-state index contributed by atoms with van der Waals surface area (Å²) in [5, 5.41) is 0. The van der Waals surface area contributed by atoms with Crippen molar-refractivity contribution in [1.82, 2.24) is 14.8 Å². The molecule has 4 amide bonds. The monoisotopic (exact) mass is 453 g/mol. The molecule has 9 heteroatoms. The van der Waals surface area contributed by atoms with Crippen LogP contribution in [0.25, 0.3) is 0 Å². The van der Waals surface area contributed by atoms with E-state index in [4.69, 9.17) is 4.98 Å². The number of urea groups is 1. The van der Waals surface area contributed by atoms with Crippen molar-refractivity contribution in [2.24, 2.45) is 0 Å². The van der Waals surface area contributed by atoms with Gasteiger partial charge in [0.15, 0.2) is 0 Å². The minimum absolute atomic E-state index is 0.0494. The molecule has 1 atom stereocenters. The van der Waals surface area contributed by atoms with E-state index >= 15 is 0 Å². The highest BCUT2D eigenvalue weighted by Crippen LogP contribution is 2.28. The molecule has 33 heavy (non-hydrogen) atoms. The Morgan fingerprint density at radius 1 is 1.03 bits per heavy atom. The first-order valence-corrected chi connectivity index (χ1v) is 11.0. The summed E-state index contributed by atoms with van der Waals surface area (Å²) in [6, 6.07) is 4.92. The zero-order chi connectivity index (χ0) is 24.0. The summed E-state index contributed by atoms with van der Waals surface area (Å²) in [5.41, 5.74) is 3.42. The zero-order valence-corrected chi connectivity index (χ0v) is 19.6. The SMILES string of the molecule is Cc1cc(C)c(N2CCN(C(=O)c3ccc(N4C(=O)N(C)C(=O)C4C)cc3F)CC2)nc1C. The van der Waals surface area contributed by atoms with Gasteiger partial charge in [0.25, 0.3) is 11.8 Å². The zero-order valence-electron chi connectivity index (χ0n) is 19.6. The van der Waals surface area contributed by atoms with Gasteiger partial charge in [-0.15, -0.1) is 0 Å². The number of pyridine rings is 1. The van der Waals surface area contributed by atoms with Crippen LogP contribution in [0.5, 0.6) is 0 Å². The van der Waals surface area contributed by atoms with Gasteiger partial charge in [-0.1, -0.05) is 6.07 Å². The van der Waals surface area contributed by atoms with Gasteiger partial charge in [0.05, 0.1) is 5.56 Å². The molecule has 0 N–H and O–H groups in total. The number of anilines is 2. The average Bonchev–Trinajstić information content (AvgIpc) is 2.98. The number of imide groups is 1. The van der Waals surface area contributed by atoms with Gasteiger partial charge in [-0.05, 0) is 57.0 Å². The highest BCUT2D eigenvalue weighted by atomic mass is 19.1. The van der Waals surface area contributed by atoms with Gasteiger partial charge in [0, 0.05) is 44.6 Å². The summed E-state index contributed by atoms with van der Waals surface area (Å²) in [6.07, 6.45) is 0. The molecular formula is C24H28FN5O3. The van der Waals surface area contributed by atoms with E-state index in [0.29, 0.717) is 26.2 Å². The topological polar surface area (TPSA) is 77.1 Å². The van der Waals surface area contributed by atoms with E-state index < -0.39 is 23.8 Å². The number of nitrogens with zero attached hydrogens (tertiary/aromatic N) is 5. The Labute approximate surface area is 192 Å². The van der Waals surface area contributed by atoms with Gasteiger partial charge in [-0.25, -0.2) is 14.2 Å². The highest BCUT2D eigenvalue weighted by Gasteiger charge is 2.41. The predicted octanol–water partition coefficient (Wildman–Crippen LogP) is 2.90. The largest absolute Gasteiger partial charge is 0.353 e. The Hall–Kier alpha value is -3.49. The maximum Gasteiger partial charge on any atom is 0.331 e. The number of hydrogen-bond donors (Lipinski definition) is 0. The van der Waals surface area contributed by atoms with Crippen LogP contribution in [0.15, 0.2) is 24.3 Å². The number of hydrogen-bond acceptors (Lipinski definition) is 5. The van der Waals surface area contributed by atoms with Crippen LogP contribution in [-0.4, -0.2) is 71.9 Å². The quantitative estimate of drug-likeness (QED) is 0.668. The average molecular weight is 454 g/mol. The number of carbonyl (C=O) groups excluding carboxylic acids is 3. The molecule has 0 radical (unpaired) electrons. The third-order valence-electron chi connectivity index (χ3n) is 6.53. The summed E-state index contributed by atoms with van der Waals surface area (Å²) in [6.45, 7) is 9.75. The van der Waals surface area contributed by atoms with E-state index in [0.717, 1.165) is 33.6 Å². The van der Waals surface area contributed by atoms with Gasteiger partial charge in [-0.2, -0.15) is 0 Å². The molecule has 3 heterocycles. The summed E-state index contributed by atoms with van der Waals surface area (Å²) in [5.74, 6) is -0.539. The Morgan fingerprint density at radius 3 is 2.27 bits per heavy atom. The summed E-state index contributed by atoms with van der Waals surface area (Å²) >= 11 is 0. The maximum absolute atomic E-state index is 14.9. The highest BCUT2D eigenvalue weighted by molar-refractivity contribution is 6.13. The predicted molar refractivity (Wildman–Crippen MR) is 123 cm³/mol. The van der Waals surface area contributed by atoms with Crippen LogP contribution in [0.3, 0.4) is 0 Å². The van der Waals surface area contributed by atoms with E-state index in [1.54, 1.807) is 11.8 Å². The van der Waals surface area contributed by atoms with E-state index in [1.165, 1.54) is 24.1 Å². The van der Waals surface area contributed by atoms with Crippen molar-refractivity contribution in [2.45, 2.75) is 33.7 Å². The second-order valence-electron chi connectivity index (χ2n) is 8.70. The minimum Gasteiger partial charge on any atom is -0.353 e. The summed E-state index contributed by atoms with van der Waals surface area (Å²) < 4.78 is 14.9. The van der Waals surface area contributed by atoms with Crippen LogP contribution in [0.4, 0.5) is 20.7 Å². The van der Waals surface area contributed by atoms with Gasteiger partial charge in [-0.3, -0.25) is 19.4 Å². The Balaban J connectivity index is 1.47. The van der Waals surface area contributed by atoms with E-state index in [1.807, 2.05) is 20.8 Å². The van der Waals surface area contributed by atoms with Crippen molar-refractivity contribution in [3.8, 4) is 0 Å². The first kappa shape index (κ1) is 22.7. The number of rotatable bonds is 3. The van der Waals surface area contributed by atoms with Crippen LogP contribution in [0, 0.1) is 26.6 Å². The smallest absolute Gasteiger partial charge is 0.331 e. The van der Waals surface area contributed by atoms with Crippen LogP contribution in [-0.2, 0) is 4.79 Å². The number of halogens is 1. The Bertz CT molecular complexity index is 1140. The van der Waals surface area contributed by atoms with Crippen LogP contribution in [0.2, 0.25) is 0 Å². The molecule has 1 aromatic carbocycles. The normalized spacial score (nSPS) is 19.0. The van der Waals surface area contributed by atoms with E-state index in [9.17, 15) is 18.8 Å². The van der Waals surface area contributed by atoms with Crippen molar-refractivity contribution in [1.29, 1.82) is 0 Å². The van der Waals surface area contributed by atoms with Gasteiger partial charge in [0.1, 0.15) is 17.7 Å². The van der Waals surface area contributed by atoms with Crippen molar-refractivity contribution in [3.63, 3.8) is 0 Å². The van der Waals surface area contributed by atoms with Gasteiger partial charge >= 0.3 is 6.03 Å².